The van der Waals surface area contributed by atoms with Crippen LogP contribution in [0.25, 0.3) is 0 Å². The van der Waals surface area contributed by atoms with E-state index in [-0.39, 0.29) is 24.4 Å². The number of nitrogens with one attached hydrogen (secondary N) is 3. The van der Waals surface area contributed by atoms with Gasteiger partial charge in [0.1, 0.15) is 11.7 Å². The monoisotopic (exact) mass is 290 g/mol. The van der Waals surface area contributed by atoms with Crippen LogP contribution in [0.15, 0.2) is 18.2 Å². The molecule has 0 aliphatic heterocycles. The summed E-state index contributed by atoms with van der Waals surface area (Å²) in [5, 5.41) is 7.17. The van der Waals surface area contributed by atoms with Gasteiger partial charge < -0.3 is 10.5 Å². The third kappa shape index (κ3) is 4.81. The summed E-state index contributed by atoms with van der Waals surface area (Å²) in [4.78, 5) is 0. The molecule has 0 saturated carbocycles. The molecule has 5 N–H and O–H groups in total. The van der Waals surface area contributed by atoms with Gasteiger partial charge in [-0.1, -0.05) is 0 Å². The molecule has 1 aromatic carbocycles. The molecular formula is C10H15FN4O3S. The lowest BCUT2D eigenvalue weighted by atomic mass is 10.2. The molecule has 0 aliphatic rings. The maximum atomic E-state index is 13.3. The highest BCUT2D eigenvalue weighted by atomic mass is 32.2. The molecule has 0 fully saturated rings. The van der Waals surface area contributed by atoms with Gasteiger partial charge in [0.05, 0.1) is 17.9 Å². The minimum absolute atomic E-state index is 0.104. The molecule has 0 spiro atoms. The van der Waals surface area contributed by atoms with E-state index in [4.69, 9.17) is 15.9 Å². The molecule has 9 heteroatoms. The van der Waals surface area contributed by atoms with Gasteiger partial charge in [0, 0.05) is 13.7 Å². The van der Waals surface area contributed by atoms with Crippen molar-refractivity contribution in [2.24, 2.45) is 5.73 Å². The molecule has 1 rings (SSSR count). The first-order chi connectivity index (χ1) is 8.85. The van der Waals surface area contributed by atoms with Crippen LogP contribution < -0.4 is 15.2 Å². The van der Waals surface area contributed by atoms with Crippen molar-refractivity contribution in [1.29, 1.82) is 5.41 Å². The van der Waals surface area contributed by atoms with E-state index in [1.807, 2.05) is 0 Å². The number of nitrogens with two attached hydrogens (primary N) is 1. The topological polar surface area (TPSA) is 117 Å². The molecule has 106 valence electrons. The Bertz CT molecular complexity index is 562. The first-order valence-electron chi connectivity index (χ1n) is 5.26. The largest absolute Gasteiger partial charge is 0.384 e. The predicted octanol–water partition coefficient (Wildman–Crippen LogP) is 0.00247. The van der Waals surface area contributed by atoms with Crippen molar-refractivity contribution in [1.82, 2.24) is 4.72 Å². The molecule has 0 bridgehead atoms. The van der Waals surface area contributed by atoms with E-state index in [1.165, 1.54) is 13.2 Å². The smallest absolute Gasteiger partial charge is 0.299 e. The molecule has 0 aromatic heterocycles. The van der Waals surface area contributed by atoms with Gasteiger partial charge in [-0.3, -0.25) is 10.1 Å². The summed E-state index contributed by atoms with van der Waals surface area (Å²) in [6.45, 7) is 0.329. The van der Waals surface area contributed by atoms with E-state index in [9.17, 15) is 12.8 Å². The van der Waals surface area contributed by atoms with Gasteiger partial charge in [-0.15, -0.1) is 0 Å². The minimum atomic E-state index is -3.78. The van der Waals surface area contributed by atoms with Crippen molar-refractivity contribution in [2.45, 2.75) is 0 Å². The van der Waals surface area contributed by atoms with Gasteiger partial charge in [-0.2, -0.15) is 13.1 Å². The number of rotatable bonds is 7. The fourth-order valence-corrected chi connectivity index (χ4v) is 2.13. The van der Waals surface area contributed by atoms with Crippen LogP contribution in [0.5, 0.6) is 0 Å². The standard InChI is InChI=1S/C10H15FN4O3S/c1-18-5-4-14-19(16,17)15-7-2-3-9(11)8(6-7)10(12)13/h2-3,6,14-15H,4-5H2,1H3,(H3,12,13). The van der Waals surface area contributed by atoms with Crippen molar-refractivity contribution in [3.63, 3.8) is 0 Å². The second-order valence-corrected chi connectivity index (χ2v) is 5.10. The minimum Gasteiger partial charge on any atom is -0.384 e. The highest BCUT2D eigenvalue weighted by Gasteiger charge is 2.12. The third-order valence-corrected chi connectivity index (χ3v) is 3.20. The van der Waals surface area contributed by atoms with Gasteiger partial charge in [0.15, 0.2) is 0 Å². The van der Waals surface area contributed by atoms with Crippen LogP contribution in [0.1, 0.15) is 5.56 Å². The molecular weight excluding hydrogens is 275 g/mol. The summed E-state index contributed by atoms with van der Waals surface area (Å²) < 4.78 is 45.6. The maximum absolute atomic E-state index is 13.3. The number of methoxy groups -OCH3 is 1. The normalized spacial score (nSPS) is 11.3. The van der Waals surface area contributed by atoms with Crippen LogP contribution in [0.2, 0.25) is 0 Å². The SMILES string of the molecule is COCCNS(=O)(=O)Nc1ccc(F)c(C(=N)N)c1. The van der Waals surface area contributed by atoms with Crippen LogP contribution in [0.3, 0.4) is 0 Å². The number of halogens is 1. The number of anilines is 1. The molecule has 0 atom stereocenters. The van der Waals surface area contributed by atoms with Gasteiger partial charge in [-0.25, -0.2) is 4.39 Å². The number of benzene rings is 1. The van der Waals surface area contributed by atoms with Gasteiger partial charge in [-0.05, 0) is 18.2 Å². The average Bonchev–Trinajstić information content (AvgIpc) is 2.31. The zero-order valence-electron chi connectivity index (χ0n) is 10.2. The Morgan fingerprint density at radius 3 is 2.79 bits per heavy atom. The van der Waals surface area contributed by atoms with E-state index < -0.39 is 21.9 Å². The summed E-state index contributed by atoms with van der Waals surface area (Å²) in [5.74, 6) is -1.17. The van der Waals surface area contributed by atoms with Crippen molar-refractivity contribution in [3.8, 4) is 0 Å². The van der Waals surface area contributed by atoms with Crippen molar-refractivity contribution in [3.05, 3.63) is 29.6 Å². The summed E-state index contributed by atoms with van der Waals surface area (Å²) in [6, 6.07) is 3.41. The first-order valence-corrected chi connectivity index (χ1v) is 6.74. The average molecular weight is 290 g/mol. The summed E-state index contributed by atoms with van der Waals surface area (Å²) >= 11 is 0. The second-order valence-electron chi connectivity index (χ2n) is 3.60. The molecule has 1 aromatic rings. The van der Waals surface area contributed by atoms with Crippen molar-refractivity contribution >= 4 is 21.7 Å². The van der Waals surface area contributed by atoms with Crippen LogP contribution >= 0.6 is 0 Å². The summed E-state index contributed by atoms with van der Waals surface area (Å²) in [6.07, 6.45) is 0. The quantitative estimate of drug-likeness (QED) is 0.321. The lowest BCUT2D eigenvalue weighted by molar-refractivity contribution is 0.204. The van der Waals surface area contributed by atoms with Gasteiger partial charge >= 0.3 is 0 Å². The molecule has 0 saturated heterocycles. The van der Waals surface area contributed by atoms with E-state index in [1.54, 1.807) is 0 Å². The predicted molar refractivity (Wildman–Crippen MR) is 69.8 cm³/mol. The van der Waals surface area contributed by atoms with E-state index in [2.05, 4.69) is 9.44 Å². The number of hydrogen-bond acceptors (Lipinski definition) is 4. The lowest BCUT2D eigenvalue weighted by Crippen LogP contribution is -2.32. The van der Waals surface area contributed by atoms with Crippen molar-refractivity contribution in [2.75, 3.05) is 25.0 Å². The van der Waals surface area contributed by atoms with Crippen LogP contribution in [0.4, 0.5) is 10.1 Å². The Morgan fingerprint density at radius 1 is 1.53 bits per heavy atom. The third-order valence-electron chi connectivity index (χ3n) is 2.11. The Morgan fingerprint density at radius 2 is 2.21 bits per heavy atom. The summed E-state index contributed by atoms with van der Waals surface area (Å²) in [5.41, 5.74) is 5.12. The van der Waals surface area contributed by atoms with E-state index >= 15 is 0 Å². The lowest BCUT2D eigenvalue weighted by Gasteiger charge is -2.10. The number of amidine groups is 1. The molecule has 0 heterocycles. The Hall–Kier alpha value is -1.71. The number of nitrogen functional groups attached to an aromatic ring is 1. The maximum Gasteiger partial charge on any atom is 0.299 e. The van der Waals surface area contributed by atoms with Gasteiger partial charge in [0.2, 0.25) is 0 Å². The molecule has 0 aliphatic carbocycles. The second kappa shape index (κ2) is 6.45. The highest BCUT2D eigenvalue weighted by Crippen LogP contribution is 2.15. The molecule has 0 unspecified atom stereocenters. The number of ether oxygens (including phenoxy) is 1. The Balaban J connectivity index is 2.82. The molecule has 19 heavy (non-hydrogen) atoms. The Kier molecular flexibility index (Phi) is 5.21. The summed E-state index contributed by atoms with van der Waals surface area (Å²) in [7, 11) is -2.33. The van der Waals surface area contributed by atoms with Crippen LogP contribution in [-0.4, -0.2) is 34.5 Å². The van der Waals surface area contributed by atoms with E-state index in [0.717, 1.165) is 12.1 Å². The van der Waals surface area contributed by atoms with Crippen LogP contribution in [0, 0.1) is 11.2 Å². The van der Waals surface area contributed by atoms with Crippen molar-refractivity contribution < 1.29 is 17.5 Å². The van der Waals surface area contributed by atoms with E-state index in [0.29, 0.717) is 0 Å². The van der Waals surface area contributed by atoms with Gasteiger partial charge in [0.25, 0.3) is 10.2 Å². The fourth-order valence-electron chi connectivity index (χ4n) is 1.26. The molecule has 0 radical (unpaired) electrons. The van der Waals surface area contributed by atoms with Crippen LogP contribution in [-0.2, 0) is 14.9 Å². The zero-order valence-corrected chi connectivity index (χ0v) is 11.1. The Labute approximate surface area is 110 Å². The molecule has 7 nitrogen and oxygen atoms in total. The number of hydrogen-bond donors (Lipinski definition) is 4. The fraction of sp³-hybridized carbons (Fsp3) is 0.300. The zero-order chi connectivity index (χ0) is 14.5. The first kappa shape index (κ1) is 15.3. The molecule has 0 amide bonds. The highest BCUT2D eigenvalue weighted by molar-refractivity contribution is 7.90.